The number of nitrogens with one attached hydrogen (secondary N) is 2. The largest absolute Gasteiger partial charge is 0.494 e. The normalized spacial score (nSPS) is 14.7. The lowest BCUT2D eigenvalue weighted by Crippen LogP contribution is -2.56. The summed E-state index contributed by atoms with van der Waals surface area (Å²) in [6, 6.07) is 6.84. The highest BCUT2D eigenvalue weighted by Gasteiger charge is 2.44. The van der Waals surface area contributed by atoms with Crippen molar-refractivity contribution in [2.75, 3.05) is 37.5 Å². The van der Waals surface area contributed by atoms with Gasteiger partial charge in [-0.1, -0.05) is 6.07 Å². The first-order valence-corrected chi connectivity index (χ1v) is 9.34. The van der Waals surface area contributed by atoms with Crippen molar-refractivity contribution in [2.24, 2.45) is 7.05 Å². The SMILES string of the molecule is CNC(=O)c1nnc(N2CC(F)(F)C2)cc1Nc1cccc(-c2ncn(C)n2)c1OC. The number of ether oxygens (including phenoxy) is 1. The van der Waals surface area contributed by atoms with E-state index in [1.807, 2.05) is 0 Å². The summed E-state index contributed by atoms with van der Waals surface area (Å²) in [5.74, 6) is -2.09. The number of hydrogen-bond acceptors (Lipinski definition) is 8. The highest BCUT2D eigenvalue weighted by Crippen LogP contribution is 2.38. The zero-order chi connectivity index (χ0) is 22.2. The summed E-state index contributed by atoms with van der Waals surface area (Å²) in [7, 11) is 4.72. The van der Waals surface area contributed by atoms with Gasteiger partial charge in [-0.05, 0) is 12.1 Å². The van der Waals surface area contributed by atoms with Crippen LogP contribution in [0, 0.1) is 0 Å². The number of amides is 1. The number of aromatic nitrogens is 5. The molecule has 162 valence electrons. The zero-order valence-corrected chi connectivity index (χ0v) is 17.1. The first-order chi connectivity index (χ1) is 14.8. The van der Waals surface area contributed by atoms with Crippen molar-refractivity contribution in [3.8, 4) is 17.1 Å². The topological polar surface area (TPSA) is 110 Å². The average Bonchev–Trinajstić information content (AvgIpc) is 3.17. The van der Waals surface area contributed by atoms with Crippen LogP contribution < -0.4 is 20.3 Å². The van der Waals surface area contributed by atoms with Gasteiger partial charge in [-0.25, -0.2) is 13.8 Å². The molecule has 4 rings (SSSR count). The number of nitrogens with zero attached hydrogens (tertiary/aromatic N) is 6. The Morgan fingerprint density at radius 3 is 2.61 bits per heavy atom. The molecular weight excluding hydrogens is 410 g/mol. The third-order valence-corrected chi connectivity index (χ3v) is 4.72. The van der Waals surface area contributed by atoms with E-state index in [0.29, 0.717) is 28.5 Å². The lowest BCUT2D eigenvalue weighted by molar-refractivity contribution is -0.0267. The Labute approximate surface area is 176 Å². The number of carbonyl (C=O) groups is 1. The predicted octanol–water partition coefficient (Wildman–Crippen LogP) is 1.84. The molecule has 1 aliphatic heterocycles. The van der Waals surface area contributed by atoms with E-state index in [1.165, 1.54) is 25.1 Å². The molecule has 31 heavy (non-hydrogen) atoms. The summed E-state index contributed by atoms with van der Waals surface area (Å²) in [6.45, 7) is -0.908. The van der Waals surface area contributed by atoms with Crippen molar-refractivity contribution < 1.29 is 18.3 Å². The minimum absolute atomic E-state index is 0.0157. The Kier molecular flexibility index (Phi) is 5.13. The van der Waals surface area contributed by atoms with Gasteiger partial charge >= 0.3 is 0 Å². The second-order valence-corrected chi connectivity index (χ2v) is 7.01. The number of halogens is 2. The molecule has 3 aromatic rings. The lowest BCUT2D eigenvalue weighted by atomic mass is 10.1. The van der Waals surface area contributed by atoms with E-state index in [9.17, 15) is 13.6 Å². The van der Waals surface area contributed by atoms with Gasteiger partial charge in [0.15, 0.2) is 23.1 Å². The third-order valence-electron chi connectivity index (χ3n) is 4.72. The van der Waals surface area contributed by atoms with Gasteiger partial charge in [0, 0.05) is 20.2 Å². The van der Waals surface area contributed by atoms with E-state index in [-0.39, 0.29) is 11.5 Å². The summed E-state index contributed by atoms with van der Waals surface area (Å²) < 4.78 is 33.7. The van der Waals surface area contributed by atoms with Crippen LogP contribution in [-0.4, -0.2) is 64.0 Å². The highest BCUT2D eigenvalue weighted by molar-refractivity contribution is 5.98. The molecule has 0 bridgehead atoms. The maximum atomic E-state index is 13.3. The maximum Gasteiger partial charge on any atom is 0.282 e. The molecule has 1 aromatic carbocycles. The van der Waals surface area contributed by atoms with E-state index in [2.05, 4.69) is 30.9 Å². The summed E-state index contributed by atoms with van der Waals surface area (Å²) in [5, 5.41) is 17.8. The van der Waals surface area contributed by atoms with Crippen molar-refractivity contribution in [3.63, 3.8) is 0 Å². The van der Waals surface area contributed by atoms with Crippen molar-refractivity contribution in [1.29, 1.82) is 0 Å². The summed E-state index contributed by atoms with van der Waals surface area (Å²) in [4.78, 5) is 17.9. The Morgan fingerprint density at radius 1 is 1.23 bits per heavy atom. The first kappa shape index (κ1) is 20.4. The second kappa shape index (κ2) is 7.78. The number of rotatable bonds is 6. The number of benzene rings is 1. The van der Waals surface area contributed by atoms with E-state index < -0.39 is 24.9 Å². The van der Waals surface area contributed by atoms with Gasteiger partial charge in [-0.3, -0.25) is 9.48 Å². The Balaban J connectivity index is 1.73. The minimum Gasteiger partial charge on any atom is -0.494 e. The quantitative estimate of drug-likeness (QED) is 0.610. The first-order valence-electron chi connectivity index (χ1n) is 9.34. The van der Waals surface area contributed by atoms with Crippen LogP contribution in [0.1, 0.15) is 10.5 Å². The molecular formula is C19H20F2N8O2. The number of alkyl halides is 2. The van der Waals surface area contributed by atoms with E-state index >= 15 is 0 Å². The van der Waals surface area contributed by atoms with Crippen molar-refractivity contribution in [2.45, 2.75) is 5.92 Å². The van der Waals surface area contributed by atoms with Gasteiger partial charge in [-0.2, -0.15) is 5.10 Å². The van der Waals surface area contributed by atoms with Gasteiger partial charge in [0.2, 0.25) is 0 Å². The van der Waals surface area contributed by atoms with Gasteiger partial charge in [-0.15, -0.1) is 10.2 Å². The summed E-state index contributed by atoms with van der Waals surface area (Å²) in [5.41, 5.74) is 1.47. The smallest absolute Gasteiger partial charge is 0.282 e. The van der Waals surface area contributed by atoms with E-state index in [4.69, 9.17) is 4.74 Å². The van der Waals surface area contributed by atoms with Crippen LogP contribution in [0.25, 0.3) is 11.4 Å². The van der Waals surface area contributed by atoms with Gasteiger partial charge in [0.25, 0.3) is 11.8 Å². The molecule has 0 atom stereocenters. The Morgan fingerprint density at radius 2 is 2.00 bits per heavy atom. The van der Waals surface area contributed by atoms with Crippen LogP contribution in [0.2, 0.25) is 0 Å². The highest BCUT2D eigenvalue weighted by atomic mass is 19.3. The van der Waals surface area contributed by atoms with Crippen LogP contribution in [-0.2, 0) is 7.05 Å². The molecule has 12 heteroatoms. The average molecular weight is 430 g/mol. The van der Waals surface area contributed by atoms with Crippen molar-refractivity contribution >= 4 is 23.1 Å². The standard InChI is InChI=1S/C19H20F2N8O2/c1-22-18(30)15-13(7-14(25-26-15)29-8-19(20,21)9-29)24-12-6-4-5-11(16(12)31-3)17-23-10-28(2)27-17/h4-7,10H,8-9H2,1-3H3,(H,22,30)(H,24,25). The molecule has 0 spiro atoms. The van der Waals surface area contributed by atoms with Gasteiger partial charge < -0.3 is 20.3 Å². The van der Waals surface area contributed by atoms with Crippen molar-refractivity contribution in [3.05, 3.63) is 36.3 Å². The molecule has 0 aliphatic carbocycles. The third kappa shape index (κ3) is 3.96. The van der Waals surface area contributed by atoms with Crippen LogP contribution >= 0.6 is 0 Å². The Bertz CT molecular complexity index is 1130. The molecule has 1 saturated heterocycles. The zero-order valence-electron chi connectivity index (χ0n) is 17.1. The molecule has 3 heterocycles. The molecule has 2 N–H and O–H groups in total. The number of carbonyl (C=O) groups excluding carboxylic acids is 1. The number of hydrogen-bond donors (Lipinski definition) is 2. The Hall–Kier alpha value is -3.83. The maximum absolute atomic E-state index is 13.3. The molecule has 0 radical (unpaired) electrons. The predicted molar refractivity (Wildman–Crippen MR) is 109 cm³/mol. The van der Waals surface area contributed by atoms with Crippen LogP contribution in [0.15, 0.2) is 30.6 Å². The summed E-state index contributed by atoms with van der Waals surface area (Å²) >= 11 is 0. The molecule has 2 aromatic heterocycles. The van der Waals surface area contributed by atoms with E-state index in [0.717, 1.165) is 0 Å². The van der Waals surface area contributed by atoms with Crippen LogP contribution in [0.5, 0.6) is 5.75 Å². The molecule has 1 amide bonds. The summed E-state index contributed by atoms with van der Waals surface area (Å²) in [6.07, 6.45) is 1.57. The fourth-order valence-electron chi connectivity index (χ4n) is 3.23. The fraction of sp³-hybridized carbons (Fsp3) is 0.316. The number of aryl methyl sites for hydroxylation is 1. The monoisotopic (exact) mass is 430 g/mol. The number of methoxy groups -OCH3 is 1. The van der Waals surface area contributed by atoms with E-state index in [1.54, 1.807) is 36.3 Å². The molecule has 1 fully saturated rings. The van der Waals surface area contributed by atoms with Crippen molar-refractivity contribution in [1.82, 2.24) is 30.3 Å². The number of para-hydroxylation sites is 1. The minimum atomic E-state index is -2.76. The fourth-order valence-corrected chi connectivity index (χ4v) is 3.23. The van der Waals surface area contributed by atoms with Crippen LogP contribution in [0.3, 0.4) is 0 Å². The number of anilines is 3. The lowest BCUT2D eigenvalue weighted by Gasteiger charge is -2.39. The van der Waals surface area contributed by atoms with Crippen LogP contribution in [0.4, 0.5) is 26.0 Å². The molecule has 1 aliphatic rings. The molecule has 0 saturated carbocycles. The second-order valence-electron chi connectivity index (χ2n) is 7.01. The van der Waals surface area contributed by atoms with Gasteiger partial charge in [0.1, 0.15) is 6.33 Å². The molecule has 10 nitrogen and oxygen atoms in total. The molecule has 0 unspecified atom stereocenters. The van der Waals surface area contributed by atoms with Gasteiger partial charge in [0.05, 0.1) is 37.1 Å².